The average Bonchev–Trinajstić information content (AvgIpc) is 3.11. The molecule has 3 heterocycles. The number of pyridine rings is 1. The summed E-state index contributed by atoms with van der Waals surface area (Å²) in [5.41, 5.74) is -0.704. The summed E-state index contributed by atoms with van der Waals surface area (Å²) in [6.45, 7) is 11.6. The number of carbonyl (C=O) groups excluding carboxylic acids is 2. The van der Waals surface area contributed by atoms with Crippen LogP contribution in [0.4, 0.5) is 15.4 Å². The molecule has 0 atom stereocenters. The number of halogens is 1. The van der Waals surface area contributed by atoms with E-state index in [0.717, 1.165) is 6.20 Å². The molecule has 0 aliphatic carbocycles. The number of fused-ring (bicyclic) bond motifs is 1. The molecule has 35 heavy (non-hydrogen) atoms. The lowest BCUT2D eigenvalue weighted by Gasteiger charge is -2.28. The minimum absolute atomic E-state index is 0.0144. The van der Waals surface area contributed by atoms with Gasteiger partial charge in [-0.1, -0.05) is 11.6 Å². The van der Waals surface area contributed by atoms with Crippen LogP contribution in [0.3, 0.4) is 0 Å². The normalized spacial score (nSPS) is 14.4. The van der Waals surface area contributed by atoms with E-state index in [4.69, 9.17) is 21.1 Å². The van der Waals surface area contributed by atoms with Gasteiger partial charge < -0.3 is 9.47 Å². The number of anilines is 1. The van der Waals surface area contributed by atoms with Crippen molar-refractivity contribution in [3.63, 3.8) is 0 Å². The third-order valence-corrected chi connectivity index (χ3v) is 6.64. The Balaban J connectivity index is 1.90. The van der Waals surface area contributed by atoms with Gasteiger partial charge in [0.25, 0.3) is 0 Å². The van der Waals surface area contributed by atoms with Gasteiger partial charge in [-0.3, -0.25) is 0 Å². The number of nitrogens with zero attached hydrogens (tertiary/aromatic N) is 5. The molecule has 190 valence electrons. The number of amides is 2. The van der Waals surface area contributed by atoms with Gasteiger partial charge in [0.05, 0.1) is 12.2 Å². The standard InChI is InChI=1S/C22H28ClN5O6S/c1-13-25-16-12-27(11-15(16)18(23)26-13)35(31,32)14-8-9-17(24-10-14)28(19(29)33-21(2,3)4)20(30)34-22(5,6)7/h8-10H,11-12H2,1-7H3. The van der Waals surface area contributed by atoms with Crippen molar-refractivity contribution in [2.24, 2.45) is 0 Å². The SMILES string of the molecule is Cc1nc(Cl)c2c(n1)CN(S(=O)(=O)c1ccc(N(C(=O)OC(C)(C)C)C(=O)OC(C)(C)C)nc1)C2. The largest absolute Gasteiger partial charge is 0.443 e. The zero-order valence-electron chi connectivity index (χ0n) is 20.6. The molecule has 0 spiro atoms. The van der Waals surface area contributed by atoms with Gasteiger partial charge in [0.15, 0.2) is 0 Å². The smallest absolute Gasteiger partial charge is 0.425 e. The highest BCUT2D eigenvalue weighted by atomic mass is 35.5. The highest BCUT2D eigenvalue weighted by molar-refractivity contribution is 7.89. The van der Waals surface area contributed by atoms with E-state index in [9.17, 15) is 18.0 Å². The maximum atomic E-state index is 13.2. The summed E-state index contributed by atoms with van der Waals surface area (Å²) in [5.74, 6) is 0.296. The number of imide groups is 1. The van der Waals surface area contributed by atoms with Gasteiger partial charge in [-0.2, -0.15) is 9.21 Å². The number of hydrogen-bond acceptors (Lipinski definition) is 9. The average molecular weight is 526 g/mol. The van der Waals surface area contributed by atoms with Gasteiger partial charge in [-0.15, -0.1) is 0 Å². The number of hydrogen-bond donors (Lipinski definition) is 0. The van der Waals surface area contributed by atoms with Crippen molar-refractivity contribution < 1.29 is 27.5 Å². The van der Waals surface area contributed by atoms with Gasteiger partial charge in [-0.05, 0) is 60.6 Å². The van der Waals surface area contributed by atoms with Crippen LogP contribution in [-0.4, -0.2) is 51.1 Å². The van der Waals surface area contributed by atoms with Crippen LogP contribution in [0.5, 0.6) is 0 Å². The molecule has 11 nitrogen and oxygen atoms in total. The second-order valence-corrected chi connectivity index (χ2v) is 12.2. The van der Waals surface area contributed by atoms with E-state index in [-0.39, 0.29) is 29.0 Å². The molecule has 2 amide bonds. The van der Waals surface area contributed by atoms with E-state index < -0.39 is 33.4 Å². The Bertz CT molecular complexity index is 1220. The Morgan fingerprint density at radius 1 is 1.00 bits per heavy atom. The molecule has 0 unspecified atom stereocenters. The molecule has 1 aliphatic heterocycles. The highest BCUT2D eigenvalue weighted by Gasteiger charge is 2.36. The lowest BCUT2D eigenvalue weighted by Crippen LogP contribution is -2.44. The van der Waals surface area contributed by atoms with Gasteiger partial charge >= 0.3 is 12.2 Å². The number of aryl methyl sites for hydroxylation is 1. The van der Waals surface area contributed by atoms with Crippen molar-refractivity contribution in [2.75, 3.05) is 4.90 Å². The predicted molar refractivity (Wildman–Crippen MR) is 127 cm³/mol. The van der Waals surface area contributed by atoms with Gasteiger partial charge in [-0.25, -0.2) is 33.0 Å². The molecule has 13 heteroatoms. The number of aromatic nitrogens is 3. The zero-order chi connectivity index (χ0) is 26.3. The van der Waals surface area contributed by atoms with E-state index >= 15 is 0 Å². The molecule has 0 aromatic carbocycles. The van der Waals surface area contributed by atoms with Crippen LogP contribution >= 0.6 is 11.6 Å². The van der Waals surface area contributed by atoms with Crippen LogP contribution in [0, 0.1) is 6.92 Å². The fourth-order valence-corrected chi connectivity index (χ4v) is 4.76. The summed E-state index contributed by atoms with van der Waals surface area (Å²) >= 11 is 6.16. The van der Waals surface area contributed by atoms with Crippen LogP contribution in [-0.2, 0) is 32.6 Å². The Kier molecular flexibility index (Phi) is 7.13. The molecule has 0 fully saturated rings. The third-order valence-electron chi connectivity index (χ3n) is 4.55. The number of sulfonamides is 1. The lowest BCUT2D eigenvalue weighted by molar-refractivity contribution is 0.0429. The topological polar surface area (TPSA) is 132 Å². The first-order valence-corrected chi connectivity index (χ1v) is 12.5. The van der Waals surface area contributed by atoms with Crippen LogP contribution in [0.25, 0.3) is 0 Å². The van der Waals surface area contributed by atoms with Crippen molar-refractivity contribution in [1.29, 1.82) is 0 Å². The van der Waals surface area contributed by atoms with Gasteiger partial charge in [0.2, 0.25) is 10.0 Å². The Hall–Kier alpha value is -2.83. The quantitative estimate of drug-likeness (QED) is 0.540. The van der Waals surface area contributed by atoms with Crippen LogP contribution in [0.1, 0.15) is 58.6 Å². The Morgan fingerprint density at radius 3 is 2.06 bits per heavy atom. The maximum absolute atomic E-state index is 13.2. The summed E-state index contributed by atoms with van der Waals surface area (Å²) in [7, 11) is -3.98. The van der Waals surface area contributed by atoms with Crippen molar-refractivity contribution >= 4 is 39.6 Å². The molecule has 2 aromatic rings. The van der Waals surface area contributed by atoms with E-state index in [2.05, 4.69) is 15.0 Å². The number of rotatable bonds is 3. The molecule has 0 radical (unpaired) electrons. The fraction of sp³-hybridized carbons (Fsp3) is 0.500. The molecule has 0 saturated carbocycles. The summed E-state index contributed by atoms with van der Waals surface area (Å²) in [4.78, 5) is 38.5. The second kappa shape index (κ2) is 9.32. The summed E-state index contributed by atoms with van der Waals surface area (Å²) in [6, 6.07) is 2.49. The maximum Gasteiger partial charge on any atom is 0.425 e. The van der Waals surface area contributed by atoms with Gasteiger partial charge in [0.1, 0.15) is 32.9 Å². The van der Waals surface area contributed by atoms with Crippen LogP contribution in [0.15, 0.2) is 23.2 Å². The lowest BCUT2D eigenvalue weighted by atomic mass is 10.2. The van der Waals surface area contributed by atoms with Crippen LogP contribution in [0.2, 0.25) is 5.15 Å². The first-order valence-electron chi connectivity index (χ1n) is 10.7. The molecule has 2 aromatic heterocycles. The monoisotopic (exact) mass is 525 g/mol. The molecule has 0 N–H and O–H groups in total. The molecule has 3 rings (SSSR count). The first-order chi connectivity index (χ1) is 16.0. The van der Waals surface area contributed by atoms with Crippen molar-refractivity contribution in [3.8, 4) is 0 Å². The minimum Gasteiger partial charge on any atom is -0.443 e. The number of ether oxygens (including phenoxy) is 2. The van der Waals surface area contributed by atoms with E-state index in [1.165, 1.54) is 16.4 Å². The molecule has 0 saturated heterocycles. The fourth-order valence-electron chi connectivity index (χ4n) is 3.16. The molecule has 0 bridgehead atoms. The minimum atomic E-state index is -3.98. The third kappa shape index (κ3) is 6.24. The van der Waals surface area contributed by atoms with Crippen molar-refractivity contribution in [2.45, 2.75) is 77.7 Å². The molecule has 1 aliphatic rings. The van der Waals surface area contributed by atoms with Gasteiger partial charge in [0, 0.05) is 18.3 Å². The highest BCUT2D eigenvalue weighted by Crippen LogP contribution is 2.31. The number of carbonyl (C=O) groups is 2. The Labute approximate surface area is 209 Å². The first kappa shape index (κ1) is 26.8. The summed E-state index contributed by atoms with van der Waals surface area (Å²) < 4.78 is 38.3. The summed E-state index contributed by atoms with van der Waals surface area (Å²) in [5, 5.41) is 0.212. The van der Waals surface area contributed by atoms with E-state index in [0.29, 0.717) is 22.0 Å². The zero-order valence-corrected chi connectivity index (χ0v) is 22.2. The van der Waals surface area contributed by atoms with Crippen molar-refractivity contribution in [1.82, 2.24) is 19.3 Å². The Morgan fingerprint density at radius 2 is 1.57 bits per heavy atom. The molecular formula is C22H28ClN5O6S. The molecular weight excluding hydrogens is 498 g/mol. The van der Waals surface area contributed by atoms with Crippen molar-refractivity contribution in [3.05, 3.63) is 40.6 Å². The predicted octanol–water partition coefficient (Wildman–Crippen LogP) is 4.21. The summed E-state index contributed by atoms with van der Waals surface area (Å²) in [6.07, 6.45) is -0.949. The van der Waals surface area contributed by atoms with E-state index in [1.807, 2.05) is 0 Å². The second-order valence-electron chi connectivity index (χ2n) is 9.91. The van der Waals surface area contributed by atoms with Crippen LogP contribution < -0.4 is 4.90 Å². The van der Waals surface area contributed by atoms with E-state index in [1.54, 1.807) is 48.5 Å².